The minimum absolute atomic E-state index is 0.00360. The Balaban J connectivity index is 2.22. The van der Waals surface area contributed by atoms with E-state index in [-0.39, 0.29) is 35.9 Å². The number of nitrogens with zero attached hydrogens (tertiary/aromatic N) is 1. The first-order chi connectivity index (χ1) is 9.60. The molecule has 0 aromatic carbocycles. The number of nitrogens with one attached hydrogen (secondary N) is 1. The Kier molecular flexibility index (Phi) is 5.02. The predicted octanol–water partition coefficient (Wildman–Crippen LogP) is 1.32. The molecule has 0 aliphatic carbocycles. The van der Waals surface area contributed by atoms with Gasteiger partial charge in [0, 0.05) is 19.3 Å². The molecule has 2 saturated heterocycles. The van der Waals surface area contributed by atoms with Gasteiger partial charge < -0.3 is 15.0 Å². The third-order valence-corrected chi connectivity index (χ3v) is 4.64. The van der Waals surface area contributed by atoms with E-state index in [9.17, 15) is 9.59 Å². The molecule has 2 aliphatic rings. The summed E-state index contributed by atoms with van der Waals surface area (Å²) in [5.41, 5.74) is 0. The van der Waals surface area contributed by atoms with E-state index >= 15 is 0 Å². The van der Waals surface area contributed by atoms with Crippen LogP contribution in [0.15, 0.2) is 0 Å². The van der Waals surface area contributed by atoms with E-state index in [1.54, 1.807) is 0 Å². The second-order valence-electron chi connectivity index (χ2n) is 5.88. The van der Waals surface area contributed by atoms with Gasteiger partial charge in [-0.25, -0.2) is 0 Å². The Morgan fingerprint density at radius 3 is 2.50 bits per heavy atom. The van der Waals surface area contributed by atoms with Crippen LogP contribution in [0.5, 0.6) is 0 Å². The molecule has 3 unspecified atom stereocenters. The molecule has 114 valence electrons. The largest absolute Gasteiger partial charge is 0.381 e. The van der Waals surface area contributed by atoms with Crippen molar-refractivity contribution < 1.29 is 14.3 Å². The maximum atomic E-state index is 12.8. The average Bonchev–Trinajstić information content (AvgIpc) is 2.48. The highest BCUT2D eigenvalue weighted by Crippen LogP contribution is 2.25. The third-order valence-electron chi connectivity index (χ3n) is 4.64. The van der Waals surface area contributed by atoms with Crippen LogP contribution < -0.4 is 5.32 Å². The van der Waals surface area contributed by atoms with Crippen LogP contribution in [0.1, 0.15) is 46.5 Å². The number of amides is 2. The molecule has 2 rings (SSSR count). The number of ether oxygens (including phenoxy) is 1. The first-order valence-electron chi connectivity index (χ1n) is 7.80. The lowest BCUT2D eigenvalue weighted by molar-refractivity contribution is -0.156. The van der Waals surface area contributed by atoms with E-state index in [0.29, 0.717) is 19.6 Å². The minimum atomic E-state index is -0.363. The van der Waals surface area contributed by atoms with Gasteiger partial charge >= 0.3 is 0 Å². The first kappa shape index (κ1) is 15.3. The molecular weight excluding hydrogens is 256 g/mol. The van der Waals surface area contributed by atoms with Gasteiger partial charge in [0.15, 0.2) is 0 Å². The van der Waals surface area contributed by atoms with Crippen molar-refractivity contribution in [3.05, 3.63) is 0 Å². The predicted molar refractivity (Wildman–Crippen MR) is 76.2 cm³/mol. The molecule has 0 spiro atoms. The van der Waals surface area contributed by atoms with E-state index in [1.807, 2.05) is 18.7 Å². The zero-order chi connectivity index (χ0) is 14.7. The molecule has 0 radical (unpaired) electrons. The summed E-state index contributed by atoms with van der Waals surface area (Å²) in [6, 6.07) is -0.525. The molecule has 5 nitrogen and oxygen atoms in total. The second-order valence-corrected chi connectivity index (χ2v) is 5.88. The Morgan fingerprint density at radius 1 is 1.30 bits per heavy atom. The summed E-state index contributed by atoms with van der Waals surface area (Å²) in [7, 11) is 0. The van der Waals surface area contributed by atoms with Crippen LogP contribution in [0, 0.1) is 5.92 Å². The average molecular weight is 282 g/mol. The Labute approximate surface area is 121 Å². The lowest BCUT2D eigenvalue weighted by Crippen LogP contribution is -2.67. The molecule has 1 N–H and O–H groups in total. The topological polar surface area (TPSA) is 58.6 Å². The highest BCUT2D eigenvalue weighted by Gasteiger charge is 2.44. The number of carbonyl (C=O) groups is 2. The normalized spacial score (nSPS) is 30.2. The van der Waals surface area contributed by atoms with Crippen molar-refractivity contribution in [3.63, 3.8) is 0 Å². The van der Waals surface area contributed by atoms with Crippen molar-refractivity contribution in [1.82, 2.24) is 10.2 Å². The van der Waals surface area contributed by atoms with Crippen molar-refractivity contribution in [1.29, 1.82) is 0 Å². The maximum Gasteiger partial charge on any atom is 0.246 e. The van der Waals surface area contributed by atoms with Gasteiger partial charge in [0.2, 0.25) is 11.8 Å². The van der Waals surface area contributed by atoms with Crippen molar-refractivity contribution in [2.75, 3.05) is 13.2 Å². The monoisotopic (exact) mass is 282 g/mol. The molecule has 5 heteroatoms. The van der Waals surface area contributed by atoms with E-state index in [4.69, 9.17) is 4.74 Å². The fourth-order valence-corrected chi connectivity index (χ4v) is 3.15. The van der Waals surface area contributed by atoms with E-state index in [0.717, 1.165) is 19.3 Å². The van der Waals surface area contributed by atoms with Gasteiger partial charge in [0.05, 0.1) is 0 Å². The molecule has 2 fully saturated rings. The lowest BCUT2D eigenvalue weighted by atomic mass is 9.91. The zero-order valence-electron chi connectivity index (χ0n) is 12.7. The number of carbonyl (C=O) groups excluding carboxylic acids is 2. The van der Waals surface area contributed by atoms with Crippen LogP contribution in [-0.2, 0) is 14.3 Å². The fraction of sp³-hybridized carbons (Fsp3) is 0.867. The Hall–Kier alpha value is -1.10. The highest BCUT2D eigenvalue weighted by atomic mass is 16.5. The standard InChI is InChI=1S/C15H26N2O3/c1-4-10(3)13-15(19)17(11-6-8-20-9-7-11)12(5-2)14(18)16-13/h10-13H,4-9H2,1-3H3,(H,16,18). The molecular formula is C15H26N2O3. The number of hydrogen-bond acceptors (Lipinski definition) is 3. The zero-order valence-corrected chi connectivity index (χ0v) is 12.7. The van der Waals surface area contributed by atoms with E-state index in [2.05, 4.69) is 12.2 Å². The summed E-state index contributed by atoms with van der Waals surface area (Å²) in [6.07, 6.45) is 3.22. The van der Waals surface area contributed by atoms with Gasteiger partial charge in [0.1, 0.15) is 12.1 Å². The third kappa shape index (κ3) is 2.82. The Bertz CT molecular complexity index is 366. The number of rotatable bonds is 4. The smallest absolute Gasteiger partial charge is 0.246 e. The summed E-state index contributed by atoms with van der Waals surface area (Å²) in [4.78, 5) is 27.0. The summed E-state index contributed by atoms with van der Waals surface area (Å²) in [5.74, 6) is 0.271. The molecule has 0 aromatic heterocycles. The second kappa shape index (κ2) is 6.57. The van der Waals surface area contributed by atoms with Gasteiger partial charge in [0.25, 0.3) is 0 Å². The SMILES string of the molecule is CCC(C)C1NC(=O)C(CC)N(C2CCOCC2)C1=O. The van der Waals surface area contributed by atoms with Crippen LogP contribution in [0.4, 0.5) is 0 Å². The summed E-state index contributed by atoms with van der Waals surface area (Å²) >= 11 is 0. The molecule has 0 aromatic rings. The summed E-state index contributed by atoms with van der Waals surface area (Å²) < 4.78 is 5.38. The fourth-order valence-electron chi connectivity index (χ4n) is 3.15. The van der Waals surface area contributed by atoms with Crippen LogP contribution in [0.2, 0.25) is 0 Å². The van der Waals surface area contributed by atoms with Crippen LogP contribution in [-0.4, -0.2) is 48.1 Å². The molecule has 2 amide bonds. The van der Waals surface area contributed by atoms with Crippen LogP contribution >= 0.6 is 0 Å². The van der Waals surface area contributed by atoms with Crippen LogP contribution in [0.3, 0.4) is 0 Å². The van der Waals surface area contributed by atoms with E-state index < -0.39 is 0 Å². The number of hydrogen-bond donors (Lipinski definition) is 1. The maximum absolute atomic E-state index is 12.8. The van der Waals surface area contributed by atoms with Gasteiger partial charge in [-0.3, -0.25) is 9.59 Å². The lowest BCUT2D eigenvalue weighted by Gasteiger charge is -2.45. The van der Waals surface area contributed by atoms with E-state index in [1.165, 1.54) is 0 Å². The summed E-state index contributed by atoms with van der Waals surface area (Å²) in [5, 5.41) is 2.93. The van der Waals surface area contributed by atoms with Crippen molar-refractivity contribution in [3.8, 4) is 0 Å². The van der Waals surface area contributed by atoms with Gasteiger partial charge in [-0.2, -0.15) is 0 Å². The quantitative estimate of drug-likeness (QED) is 0.846. The number of piperazine rings is 1. The van der Waals surface area contributed by atoms with Crippen LogP contribution in [0.25, 0.3) is 0 Å². The molecule has 0 saturated carbocycles. The molecule has 0 bridgehead atoms. The molecule has 3 atom stereocenters. The Morgan fingerprint density at radius 2 is 1.95 bits per heavy atom. The molecule has 2 heterocycles. The van der Waals surface area contributed by atoms with Gasteiger partial charge in [-0.1, -0.05) is 27.2 Å². The van der Waals surface area contributed by atoms with Crippen molar-refractivity contribution in [2.45, 2.75) is 64.6 Å². The van der Waals surface area contributed by atoms with Gasteiger partial charge in [-0.05, 0) is 25.2 Å². The molecule has 20 heavy (non-hydrogen) atoms. The first-order valence-corrected chi connectivity index (χ1v) is 7.80. The van der Waals surface area contributed by atoms with Gasteiger partial charge in [-0.15, -0.1) is 0 Å². The highest BCUT2D eigenvalue weighted by molar-refractivity contribution is 5.97. The van der Waals surface area contributed by atoms with Crippen molar-refractivity contribution >= 4 is 11.8 Å². The molecule has 2 aliphatic heterocycles. The summed E-state index contributed by atoms with van der Waals surface area (Å²) in [6.45, 7) is 7.40. The van der Waals surface area contributed by atoms with Crippen molar-refractivity contribution in [2.24, 2.45) is 5.92 Å². The minimum Gasteiger partial charge on any atom is -0.381 e.